The van der Waals surface area contributed by atoms with Crippen LogP contribution in [0.1, 0.15) is 75.1 Å². The van der Waals surface area contributed by atoms with Crippen LogP contribution in [0.3, 0.4) is 0 Å². The molecule has 0 atom stereocenters. The van der Waals surface area contributed by atoms with Crippen molar-refractivity contribution in [3.8, 4) is 11.5 Å². The second-order valence-electron chi connectivity index (χ2n) is 9.61. The molecule has 2 aromatic rings. The van der Waals surface area contributed by atoms with E-state index in [1.54, 1.807) is 0 Å². The third kappa shape index (κ3) is 7.01. The molecule has 0 saturated heterocycles. The van der Waals surface area contributed by atoms with Crippen LogP contribution in [-0.4, -0.2) is 24.8 Å². The molecule has 0 unspecified atom stereocenters. The lowest BCUT2D eigenvalue weighted by atomic mass is 9.86. The largest absolute Gasteiger partial charge is 0.494 e. The average molecular weight is 411 g/mol. The number of Topliss-reactive ketones (excluding diaryl/α,β-unsaturated/α-hetero) is 2. The van der Waals surface area contributed by atoms with Gasteiger partial charge in [0.15, 0.2) is 11.6 Å². The maximum absolute atomic E-state index is 12.3. The molecule has 0 fully saturated rings. The van der Waals surface area contributed by atoms with E-state index in [1.807, 2.05) is 90.1 Å². The smallest absolute Gasteiger partial charge is 0.168 e. The molecule has 0 spiro atoms. The highest BCUT2D eigenvalue weighted by atomic mass is 16.5. The summed E-state index contributed by atoms with van der Waals surface area (Å²) < 4.78 is 11.5. The van der Waals surface area contributed by atoms with E-state index in [4.69, 9.17) is 9.47 Å². The molecule has 0 N–H and O–H groups in total. The monoisotopic (exact) mass is 410 g/mol. The number of ketones is 2. The first kappa shape index (κ1) is 23.7. The first-order chi connectivity index (χ1) is 14.0. The van der Waals surface area contributed by atoms with Crippen LogP contribution in [0.5, 0.6) is 11.5 Å². The van der Waals surface area contributed by atoms with E-state index < -0.39 is 0 Å². The molecule has 4 nitrogen and oxygen atoms in total. The Morgan fingerprint density at radius 2 is 0.900 bits per heavy atom. The molecule has 30 heavy (non-hydrogen) atoms. The summed E-state index contributed by atoms with van der Waals surface area (Å²) in [4.78, 5) is 24.5. The number of unbranched alkanes of at least 4 members (excludes halogenated alkanes) is 1. The topological polar surface area (TPSA) is 52.6 Å². The van der Waals surface area contributed by atoms with Gasteiger partial charge < -0.3 is 9.47 Å². The maximum atomic E-state index is 12.3. The number of ether oxygens (including phenoxy) is 2. The lowest BCUT2D eigenvalue weighted by Gasteiger charge is -2.17. The Bertz CT molecular complexity index is 761. The normalized spacial score (nSPS) is 11.8. The molecule has 0 saturated carbocycles. The summed E-state index contributed by atoms with van der Waals surface area (Å²) >= 11 is 0. The average Bonchev–Trinajstić information content (AvgIpc) is 2.69. The fourth-order valence-corrected chi connectivity index (χ4v) is 2.86. The van der Waals surface area contributed by atoms with Gasteiger partial charge >= 0.3 is 0 Å². The van der Waals surface area contributed by atoms with Gasteiger partial charge in [-0.25, -0.2) is 0 Å². The predicted octanol–water partition coefficient (Wildman–Crippen LogP) is 6.38. The molecule has 0 aliphatic rings. The molecular weight excluding hydrogens is 376 g/mol. The number of carbonyl (C=O) groups is 2. The molecule has 0 aliphatic heterocycles. The van der Waals surface area contributed by atoms with Crippen molar-refractivity contribution in [1.82, 2.24) is 0 Å². The summed E-state index contributed by atoms with van der Waals surface area (Å²) in [6.45, 7) is 12.7. The van der Waals surface area contributed by atoms with Gasteiger partial charge in [-0.2, -0.15) is 0 Å². The zero-order valence-corrected chi connectivity index (χ0v) is 19.1. The first-order valence-corrected chi connectivity index (χ1v) is 10.5. The van der Waals surface area contributed by atoms with E-state index in [-0.39, 0.29) is 22.4 Å². The second kappa shape index (κ2) is 9.92. The number of hydrogen-bond acceptors (Lipinski definition) is 4. The number of rotatable bonds is 9. The zero-order chi connectivity index (χ0) is 22.4. The first-order valence-electron chi connectivity index (χ1n) is 10.5. The van der Waals surface area contributed by atoms with Crippen molar-refractivity contribution >= 4 is 11.6 Å². The Morgan fingerprint density at radius 3 is 1.17 bits per heavy atom. The molecule has 0 heterocycles. The fraction of sp³-hybridized carbons (Fsp3) is 0.462. The van der Waals surface area contributed by atoms with Crippen molar-refractivity contribution < 1.29 is 19.1 Å². The highest BCUT2D eigenvalue weighted by Gasteiger charge is 2.23. The molecule has 4 heteroatoms. The third-order valence-electron chi connectivity index (χ3n) is 4.67. The maximum Gasteiger partial charge on any atom is 0.168 e. The Hall–Kier alpha value is -2.62. The quantitative estimate of drug-likeness (QED) is 0.355. The predicted molar refractivity (Wildman–Crippen MR) is 121 cm³/mol. The standard InChI is InChI=1S/C26H34O4/c1-25(2,3)23(27)19-9-13-21(14-10-19)29-17-7-8-18-30-22-15-11-20(12-16-22)24(28)26(4,5)6/h9-16H,7-8,17-18H2,1-6H3. The Kier molecular flexibility index (Phi) is 7.83. The summed E-state index contributed by atoms with van der Waals surface area (Å²) in [6, 6.07) is 14.7. The van der Waals surface area contributed by atoms with Gasteiger partial charge in [-0.1, -0.05) is 41.5 Å². The van der Waals surface area contributed by atoms with E-state index in [0.717, 1.165) is 24.3 Å². The summed E-state index contributed by atoms with van der Waals surface area (Å²) in [5.41, 5.74) is 0.646. The van der Waals surface area contributed by atoms with Gasteiger partial charge in [0, 0.05) is 22.0 Å². The molecule has 2 aromatic carbocycles. The SMILES string of the molecule is CC(C)(C)C(=O)c1ccc(OCCCCOc2ccc(C(=O)C(C)(C)C)cc2)cc1. The van der Waals surface area contributed by atoms with E-state index in [9.17, 15) is 9.59 Å². The lowest BCUT2D eigenvalue weighted by molar-refractivity contribution is 0.0852. The minimum atomic E-state index is -0.384. The summed E-state index contributed by atoms with van der Waals surface area (Å²) in [7, 11) is 0. The summed E-state index contributed by atoms with van der Waals surface area (Å²) in [5.74, 6) is 1.78. The Morgan fingerprint density at radius 1 is 0.600 bits per heavy atom. The van der Waals surface area contributed by atoms with Crippen molar-refractivity contribution in [1.29, 1.82) is 0 Å². The van der Waals surface area contributed by atoms with Crippen LogP contribution < -0.4 is 9.47 Å². The Labute approximate surface area is 180 Å². The van der Waals surface area contributed by atoms with Crippen molar-refractivity contribution in [3.63, 3.8) is 0 Å². The molecule has 162 valence electrons. The van der Waals surface area contributed by atoms with Gasteiger partial charge in [-0.15, -0.1) is 0 Å². The highest BCUT2D eigenvalue weighted by molar-refractivity contribution is 6.00. The fourth-order valence-electron chi connectivity index (χ4n) is 2.86. The summed E-state index contributed by atoms with van der Waals surface area (Å²) in [5, 5.41) is 0. The van der Waals surface area contributed by atoms with Crippen molar-refractivity contribution in [2.75, 3.05) is 13.2 Å². The van der Waals surface area contributed by atoms with Crippen LogP contribution >= 0.6 is 0 Å². The van der Waals surface area contributed by atoms with Crippen LogP contribution in [0.2, 0.25) is 0 Å². The number of hydrogen-bond donors (Lipinski definition) is 0. The lowest BCUT2D eigenvalue weighted by Crippen LogP contribution is -2.20. The van der Waals surface area contributed by atoms with Gasteiger partial charge in [-0.05, 0) is 61.4 Å². The highest BCUT2D eigenvalue weighted by Crippen LogP contribution is 2.23. The molecular formula is C26H34O4. The van der Waals surface area contributed by atoms with Gasteiger partial charge in [0.1, 0.15) is 11.5 Å². The van der Waals surface area contributed by atoms with E-state index in [0.29, 0.717) is 24.3 Å². The van der Waals surface area contributed by atoms with Gasteiger partial charge in [0.05, 0.1) is 13.2 Å². The minimum absolute atomic E-state index is 0.127. The molecule has 0 aromatic heterocycles. The van der Waals surface area contributed by atoms with E-state index in [2.05, 4.69) is 0 Å². The molecule has 0 amide bonds. The summed E-state index contributed by atoms with van der Waals surface area (Å²) in [6.07, 6.45) is 1.73. The molecule has 0 bridgehead atoms. The van der Waals surface area contributed by atoms with Crippen LogP contribution in [0, 0.1) is 10.8 Å². The van der Waals surface area contributed by atoms with Gasteiger partial charge in [0.25, 0.3) is 0 Å². The van der Waals surface area contributed by atoms with Gasteiger partial charge in [-0.3, -0.25) is 9.59 Å². The van der Waals surface area contributed by atoms with Crippen molar-refractivity contribution in [2.24, 2.45) is 10.8 Å². The van der Waals surface area contributed by atoms with E-state index in [1.165, 1.54) is 0 Å². The van der Waals surface area contributed by atoms with Crippen molar-refractivity contribution in [3.05, 3.63) is 59.7 Å². The van der Waals surface area contributed by atoms with E-state index >= 15 is 0 Å². The van der Waals surface area contributed by atoms with Gasteiger partial charge in [0.2, 0.25) is 0 Å². The van der Waals surface area contributed by atoms with Crippen LogP contribution in [-0.2, 0) is 0 Å². The van der Waals surface area contributed by atoms with Crippen LogP contribution in [0.4, 0.5) is 0 Å². The second-order valence-corrected chi connectivity index (χ2v) is 9.61. The minimum Gasteiger partial charge on any atom is -0.494 e. The van der Waals surface area contributed by atoms with Crippen LogP contribution in [0.15, 0.2) is 48.5 Å². The molecule has 0 aliphatic carbocycles. The van der Waals surface area contributed by atoms with Crippen molar-refractivity contribution in [2.45, 2.75) is 54.4 Å². The third-order valence-corrected chi connectivity index (χ3v) is 4.67. The van der Waals surface area contributed by atoms with Crippen LogP contribution in [0.25, 0.3) is 0 Å². The molecule has 0 radical (unpaired) electrons. The Balaban J connectivity index is 1.69. The number of carbonyl (C=O) groups excluding carboxylic acids is 2. The number of benzene rings is 2. The zero-order valence-electron chi connectivity index (χ0n) is 19.1. The molecule has 2 rings (SSSR count).